The molecule has 17 heavy (non-hydrogen) atoms. The van der Waals surface area contributed by atoms with Crippen molar-refractivity contribution in [2.24, 2.45) is 5.73 Å². The maximum absolute atomic E-state index is 10.8. The Kier molecular flexibility index (Phi) is 4.84. The topological polar surface area (TPSA) is 80.4 Å². The number of carboxylic acids is 1. The molecule has 1 atom stereocenters. The van der Waals surface area contributed by atoms with Crippen LogP contribution in [0, 0.1) is 0 Å². The average molecular weight is 235 g/mol. The predicted octanol–water partition coefficient (Wildman–Crippen LogP) is 1.16. The van der Waals surface area contributed by atoms with Gasteiger partial charge in [0.1, 0.15) is 11.8 Å². The molecule has 0 radical (unpaired) electrons. The standard InChI is InChI=1S/C13H17NO3/c1-9(15)2-3-10-4-6-11(7-5-10)8-12(14)13(16)17/h4-7,12H,2-3,8,14H2,1H3,(H,16,17). The van der Waals surface area contributed by atoms with Crippen LogP contribution >= 0.6 is 0 Å². The van der Waals surface area contributed by atoms with Crippen molar-refractivity contribution < 1.29 is 14.7 Å². The van der Waals surface area contributed by atoms with E-state index in [2.05, 4.69) is 0 Å². The van der Waals surface area contributed by atoms with Crippen LogP contribution in [0.3, 0.4) is 0 Å². The molecule has 1 aromatic carbocycles. The van der Waals surface area contributed by atoms with Gasteiger partial charge in [-0.05, 0) is 30.9 Å². The van der Waals surface area contributed by atoms with Crippen molar-refractivity contribution in [2.45, 2.75) is 32.2 Å². The van der Waals surface area contributed by atoms with Crippen LogP contribution in [0.5, 0.6) is 0 Å². The average Bonchev–Trinajstić information content (AvgIpc) is 2.28. The minimum Gasteiger partial charge on any atom is -0.480 e. The highest BCUT2D eigenvalue weighted by atomic mass is 16.4. The molecule has 0 aliphatic heterocycles. The van der Waals surface area contributed by atoms with Crippen LogP contribution in [0.1, 0.15) is 24.5 Å². The molecule has 0 fully saturated rings. The number of benzene rings is 1. The lowest BCUT2D eigenvalue weighted by Crippen LogP contribution is -2.32. The Morgan fingerprint density at radius 1 is 1.24 bits per heavy atom. The Labute approximate surface area is 100 Å². The lowest BCUT2D eigenvalue weighted by molar-refractivity contribution is -0.138. The number of carbonyl (C=O) groups is 2. The zero-order chi connectivity index (χ0) is 12.8. The number of nitrogens with two attached hydrogens (primary N) is 1. The molecule has 1 aromatic rings. The van der Waals surface area contributed by atoms with E-state index in [9.17, 15) is 9.59 Å². The lowest BCUT2D eigenvalue weighted by Gasteiger charge is -2.07. The summed E-state index contributed by atoms with van der Waals surface area (Å²) in [4.78, 5) is 21.4. The summed E-state index contributed by atoms with van der Waals surface area (Å²) in [6, 6.07) is 6.68. The fourth-order valence-corrected chi connectivity index (χ4v) is 1.50. The summed E-state index contributed by atoms with van der Waals surface area (Å²) >= 11 is 0. The number of hydrogen-bond acceptors (Lipinski definition) is 3. The number of aliphatic carboxylic acids is 1. The van der Waals surface area contributed by atoms with Gasteiger partial charge in [-0.15, -0.1) is 0 Å². The minimum atomic E-state index is -0.995. The van der Waals surface area contributed by atoms with E-state index in [0.29, 0.717) is 12.8 Å². The van der Waals surface area contributed by atoms with Crippen molar-refractivity contribution >= 4 is 11.8 Å². The number of carbonyl (C=O) groups excluding carboxylic acids is 1. The Bertz CT molecular complexity index is 398. The summed E-state index contributed by atoms with van der Waals surface area (Å²) in [7, 11) is 0. The monoisotopic (exact) mass is 235 g/mol. The smallest absolute Gasteiger partial charge is 0.320 e. The van der Waals surface area contributed by atoms with Gasteiger partial charge in [0.05, 0.1) is 0 Å². The van der Waals surface area contributed by atoms with Crippen LogP contribution in [0.25, 0.3) is 0 Å². The molecule has 1 unspecified atom stereocenters. The quantitative estimate of drug-likeness (QED) is 0.775. The van der Waals surface area contributed by atoms with Crippen LogP contribution in [-0.4, -0.2) is 22.9 Å². The third-order valence-corrected chi connectivity index (χ3v) is 2.56. The molecule has 1 rings (SSSR count). The molecule has 0 aliphatic rings. The van der Waals surface area contributed by atoms with Gasteiger partial charge in [0, 0.05) is 6.42 Å². The van der Waals surface area contributed by atoms with Crippen LogP contribution in [0.4, 0.5) is 0 Å². The molecule has 4 heteroatoms. The van der Waals surface area contributed by atoms with E-state index in [-0.39, 0.29) is 5.78 Å². The van der Waals surface area contributed by atoms with Gasteiger partial charge in [-0.3, -0.25) is 4.79 Å². The maximum Gasteiger partial charge on any atom is 0.320 e. The third-order valence-electron chi connectivity index (χ3n) is 2.56. The van der Waals surface area contributed by atoms with E-state index in [4.69, 9.17) is 10.8 Å². The van der Waals surface area contributed by atoms with Crippen molar-refractivity contribution in [1.29, 1.82) is 0 Å². The van der Waals surface area contributed by atoms with Gasteiger partial charge in [-0.2, -0.15) is 0 Å². The van der Waals surface area contributed by atoms with Gasteiger partial charge in [-0.1, -0.05) is 24.3 Å². The van der Waals surface area contributed by atoms with Crippen molar-refractivity contribution in [2.75, 3.05) is 0 Å². The molecule has 0 heterocycles. The number of hydrogen-bond donors (Lipinski definition) is 2. The van der Waals surface area contributed by atoms with Gasteiger partial charge in [-0.25, -0.2) is 0 Å². The van der Waals surface area contributed by atoms with Crippen molar-refractivity contribution in [1.82, 2.24) is 0 Å². The van der Waals surface area contributed by atoms with E-state index in [0.717, 1.165) is 17.5 Å². The van der Waals surface area contributed by atoms with Gasteiger partial charge < -0.3 is 15.6 Å². The Hall–Kier alpha value is -1.68. The second-order valence-electron chi connectivity index (χ2n) is 4.17. The fraction of sp³-hybridized carbons (Fsp3) is 0.385. The molecule has 0 bridgehead atoms. The van der Waals surface area contributed by atoms with Crippen LogP contribution in [0.15, 0.2) is 24.3 Å². The third kappa shape index (κ3) is 4.78. The number of rotatable bonds is 6. The van der Waals surface area contributed by atoms with Crippen molar-refractivity contribution in [3.63, 3.8) is 0 Å². The first-order valence-corrected chi connectivity index (χ1v) is 5.54. The Balaban J connectivity index is 2.55. The lowest BCUT2D eigenvalue weighted by atomic mass is 10.0. The molecule has 0 saturated heterocycles. The van der Waals surface area contributed by atoms with Gasteiger partial charge >= 0.3 is 5.97 Å². The molecule has 4 nitrogen and oxygen atoms in total. The van der Waals surface area contributed by atoms with E-state index in [1.54, 1.807) is 6.92 Å². The molecule has 0 spiro atoms. The number of aryl methyl sites for hydroxylation is 1. The molecule has 0 amide bonds. The van der Waals surface area contributed by atoms with Gasteiger partial charge in [0.15, 0.2) is 0 Å². The highest BCUT2D eigenvalue weighted by molar-refractivity contribution is 5.75. The molecule has 0 aliphatic carbocycles. The number of ketones is 1. The highest BCUT2D eigenvalue weighted by Crippen LogP contribution is 2.08. The fourth-order valence-electron chi connectivity index (χ4n) is 1.50. The first kappa shape index (κ1) is 13.4. The summed E-state index contributed by atoms with van der Waals surface area (Å²) in [5, 5.41) is 8.68. The number of carboxylic acid groups (broad SMARTS) is 1. The van der Waals surface area contributed by atoms with E-state index >= 15 is 0 Å². The molecular weight excluding hydrogens is 218 g/mol. The molecular formula is C13H17NO3. The summed E-state index contributed by atoms with van der Waals surface area (Å²) in [6.07, 6.45) is 1.58. The van der Waals surface area contributed by atoms with Crippen LogP contribution < -0.4 is 5.73 Å². The maximum atomic E-state index is 10.8. The highest BCUT2D eigenvalue weighted by Gasteiger charge is 2.11. The predicted molar refractivity (Wildman–Crippen MR) is 64.8 cm³/mol. The summed E-state index contributed by atoms with van der Waals surface area (Å²) in [6.45, 7) is 1.57. The van der Waals surface area contributed by atoms with E-state index in [1.807, 2.05) is 24.3 Å². The normalized spacial score (nSPS) is 12.1. The first-order chi connectivity index (χ1) is 7.99. The summed E-state index contributed by atoms with van der Waals surface area (Å²) < 4.78 is 0. The Morgan fingerprint density at radius 2 is 1.76 bits per heavy atom. The van der Waals surface area contributed by atoms with Gasteiger partial charge in [0.25, 0.3) is 0 Å². The SMILES string of the molecule is CC(=O)CCc1ccc(CC(N)C(=O)O)cc1. The molecule has 3 N–H and O–H groups in total. The second kappa shape index (κ2) is 6.15. The zero-order valence-corrected chi connectivity index (χ0v) is 9.85. The summed E-state index contributed by atoms with van der Waals surface area (Å²) in [5.41, 5.74) is 7.41. The van der Waals surface area contributed by atoms with E-state index < -0.39 is 12.0 Å². The zero-order valence-electron chi connectivity index (χ0n) is 9.85. The van der Waals surface area contributed by atoms with Gasteiger partial charge in [0.2, 0.25) is 0 Å². The molecule has 0 saturated carbocycles. The minimum absolute atomic E-state index is 0.168. The van der Waals surface area contributed by atoms with Crippen LogP contribution in [-0.2, 0) is 22.4 Å². The Morgan fingerprint density at radius 3 is 2.24 bits per heavy atom. The molecule has 0 aromatic heterocycles. The number of Topliss-reactive ketones (excluding diaryl/α,β-unsaturated/α-hetero) is 1. The first-order valence-electron chi connectivity index (χ1n) is 5.54. The molecule has 92 valence electrons. The largest absolute Gasteiger partial charge is 0.480 e. The van der Waals surface area contributed by atoms with E-state index in [1.165, 1.54) is 0 Å². The van der Waals surface area contributed by atoms with Crippen LogP contribution in [0.2, 0.25) is 0 Å². The van der Waals surface area contributed by atoms with Crippen molar-refractivity contribution in [3.05, 3.63) is 35.4 Å². The van der Waals surface area contributed by atoms with Crippen molar-refractivity contribution in [3.8, 4) is 0 Å². The second-order valence-corrected chi connectivity index (χ2v) is 4.17. The summed E-state index contributed by atoms with van der Waals surface area (Å²) in [5.74, 6) is -0.826.